The van der Waals surface area contributed by atoms with Gasteiger partial charge in [0.15, 0.2) is 0 Å². The van der Waals surface area contributed by atoms with Crippen LogP contribution >= 0.6 is 0 Å². The van der Waals surface area contributed by atoms with Crippen LogP contribution in [0.4, 0.5) is 26.3 Å². The highest BCUT2D eigenvalue weighted by atomic mass is 32.2. The molecule has 0 saturated heterocycles. The van der Waals surface area contributed by atoms with E-state index >= 15 is 26.3 Å². The van der Waals surface area contributed by atoms with Crippen LogP contribution in [0.2, 0.25) is 0 Å². The molecule has 2 aromatic carbocycles. The fraction of sp³-hybridized carbons (Fsp3) is 0.486. The monoisotopic (exact) mass is 700 g/mol. The van der Waals surface area contributed by atoms with E-state index < -0.39 is 79.3 Å². The van der Waals surface area contributed by atoms with Gasteiger partial charge < -0.3 is 0 Å². The molecular weight excluding hydrogens is 663 g/mol. The van der Waals surface area contributed by atoms with Crippen LogP contribution in [0, 0.1) is 0 Å². The zero-order valence-electron chi connectivity index (χ0n) is 26.3. The van der Waals surface area contributed by atoms with Gasteiger partial charge in [-0.1, -0.05) is 102 Å². The second-order valence-electron chi connectivity index (χ2n) is 12.4. The van der Waals surface area contributed by atoms with Crippen LogP contribution in [0.15, 0.2) is 79.3 Å². The topological polar surface area (TPSA) is 68.3 Å². The minimum absolute atomic E-state index is 0.190. The lowest BCUT2D eigenvalue weighted by molar-refractivity contribution is -0.263. The van der Waals surface area contributed by atoms with E-state index in [-0.39, 0.29) is 36.8 Å². The van der Waals surface area contributed by atoms with E-state index in [1.807, 2.05) is 13.8 Å². The van der Waals surface area contributed by atoms with Crippen molar-refractivity contribution >= 4 is 30.8 Å². The van der Waals surface area contributed by atoms with Crippen molar-refractivity contribution in [3.8, 4) is 0 Å². The Kier molecular flexibility index (Phi) is 9.71. The molecule has 0 unspecified atom stereocenters. The minimum Gasteiger partial charge on any atom is -0.219 e. The maximum absolute atomic E-state index is 16.2. The van der Waals surface area contributed by atoms with Crippen LogP contribution in [0.1, 0.15) is 102 Å². The van der Waals surface area contributed by atoms with Crippen LogP contribution in [-0.2, 0) is 19.7 Å². The van der Waals surface area contributed by atoms with Crippen molar-refractivity contribution in [1.29, 1.82) is 0 Å². The normalized spacial score (nSPS) is 21.4. The minimum atomic E-state index is -5.99. The highest BCUT2D eigenvalue weighted by Crippen LogP contribution is 2.67. The Hall–Kier alpha value is -2.86. The third-order valence-corrected chi connectivity index (χ3v) is 13.3. The van der Waals surface area contributed by atoms with E-state index in [0.29, 0.717) is 25.7 Å². The SMILES string of the molecule is CCCCCCCC1=C(C2=C(C3=C(CCCCCCC)S(=O)(=O)c4ccccc43)C(F)(F)C(F)(F)C2(F)F)c2ccccc2S1(=O)=O. The lowest BCUT2D eigenvalue weighted by Crippen LogP contribution is -2.49. The predicted molar refractivity (Wildman–Crippen MR) is 170 cm³/mol. The highest BCUT2D eigenvalue weighted by molar-refractivity contribution is 7.96. The summed E-state index contributed by atoms with van der Waals surface area (Å²) < 4.78 is 151. The molecule has 0 amide bonds. The van der Waals surface area contributed by atoms with E-state index in [0.717, 1.165) is 49.9 Å². The van der Waals surface area contributed by atoms with E-state index in [1.54, 1.807) is 0 Å². The van der Waals surface area contributed by atoms with Crippen LogP contribution < -0.4 is 0 Å². The summed E-state index contributed by atoms with van der Waals surface area (Å²) in [7, 11) is -9.06. The fourth-order valence-corrected chi connectivity index (χ4v) is 10.6. The van der Waals surface area contributed by atoms with Crippen LogP contribution in [0.5, 0.6) is 0 Å². The molecule has 5 rings (SSSR count). The largest absolute Gasteiger partial charge is 0.380 e. The van der Waals surface area contributed by atoms with E-state index in [2.05, 4.69) is 0 Å². The van der Waals surface area contributed by atoms with E-state index in [4.69, 9.17) is 0 Å². The Morgan fingerprint density at radius 3 is 1.21 bits per heavy atom. The van der Waals surface area contributed by atoms with Gasteiger partial charge in [0, 0.05) is 33.4 Å². The zero-order valence-corrected chi connectivity index (χ0v) is 28.0. The molecule has 0 radical (unpaired) electrons. The summed E-state index contributed by atoms with van der Waals surface area (Å²) in [6.07, 6.45) is 5.51. The van der Waals surface area contributed by atoms with Crippen molar-refractivity contribution in [3.05, 3.63) is 80.6 Å². The molecule has 0 saturated carbocycles. The second-order valence-corrected chi connectivity index (χ2v) is 16.3. The summed E-state index contributed by atoms with van der Waals surface area (Å²) in [4.78, 5) is -2.15. The Labute approximate surface area is 272 Å². The van der Waals surface area contributed by atoms with Gasteiger partial charge in [0.1, 0.15) is 0 Å². The number of allylic oxidation sites excluding steroid dienone is 6. The van der Waals surface area contributed by atoms with Gasteiger partial charge in [-0.05, 0) is 37.8 Å². The van der Waals surface area contributed by atoms with Crippen molar-refractivity contribution in [2.75, 3.05) is 0 Å². The van der Waals surface area contributed by atoms with Crippen molar-refractivity contribution in [3.63, 3.8) is 0 Å². The highest BCUT2D eigenvalue weighted by Gasteiger charge is 2.81. The van der Waals surface area contributed by atoms with Crippen molar-refractivity contribution in [2.24, 2.45) is 0 Å². The summed E-state index contributed by atoms with van der Waals surface area (Å²) in [5.74, 6) is -17.1. The molecule has 256 valence electrons. The van der Waals surface area contributed by atoms with Gasteiger partial charge in [-0.15, -0.1) is 0 Å². The van der Waals surface area contributed by atoms with Gasteiger partial charge >= 0.3 is 17.8 Å². The van der Waals surface area contributed by atoms with Crippen LogP contribution in [-0.4, -0.2) is 34.6 Å². The molecule has 4 nitrogen and oxygen atoms in total. The standard InChI is InChI=1S/C35H38F6O4S2/c1-3-5-7-9-11-21-27-29(23-17-13-15-19-25(23)46(27,42)43)31-32(34(38,39)35(40,41)33(31,36)37)30-24-18-14-16-20-26(24)47(44,45)28(30)22-12-10-8-6-4-2/h13-20H,3-12,21-22H2,1-2H3. The molecule has 1 aliphatic carbocycles. The lowest BCUT2D eigenvalue weighted by Gasteiger charge is -2.26. The maximum atomic E-state index is 16.2. The van der Waals surface area contributed by atoms with Gasteiger partial charge in [0.05, 0.1) is 19.6 Å². The summed E-state index contributed by atoms with van der Waals surface area (Å²) >= 11 is 0. The molecule has 0 fully saturated rings. The summed E-state index contributed by atoms with van der Waals surface area (Å²) in [5.41, 5.74) is -6.18. The Bertz CT molecular complexity index is 1740. The predicted octanol–water partition coefficient (Wildman–Crippen LogP) is 10.3. The lowest BCUT2D eigenvalue weighted by atomic mass is 9.86. The zero-order chi connectivity index (χ0) is 34.4. The maximum Gasteiger partial charge on any atom is 0.380 e. The number of fused-ring (bicyclic) bond motifs is 2. The van der Waals surface area contributed by atoms with Crippen LogP contribution in [0.3, 0.4) is 0 Å². The number of unbranched alkanes of at least 4 members (excludes halogenated alkanes) is 8. The molecule has 47 heavy (non-hydrogen) atoms. The first-order valence-electron chi connectivity index (χ1n) is 16.1. The molecule has 2 aliphatic heterocycles. The molecule has 0 spiro atoms. The van der Waals surface area contributed by atoms with Crippen LogP contribution in [0.25, 0.3) is 11.1 Å². The first-order valence-corrected chi connectivity index (χ1v) is 19.1. The van der Waals surface area contributed by atoms with Gasteiger partial charge in [-0.3, -0.25) is 0 Å². The summed E-state index contributed by atoms with van der Waals surface area (Å²) in [6, 6.07) is 9.86. The number of benzene rings is 2. The van der Waals surface area contributed by atoms with Gasteiger partial charge in [0.25, 0.3) is 0 Å². The van der Waals surface area contributed by atoms with Crippen molar-refractivity contribution < 1.29 is 43.2 Å². The average Bonchev–Trinajstić information content (AvgIpc) is 3.42. The summed E-state index contributed by atoms with van der Waals surface area (Å²) in [5, 5.41) is 0. The molecule has 12 heteroatoms. The quantitative estimate of drug-likeness (QED) is 0.145. The Morgan fingerprint density at radius 2 is 0.851 bits per heavy atom. The molecule has 0 aromatic heterocycles. The smallest absolute Gasteiger partial charge is 0.219 e. The number of sulfone groups is 2. The molecule has 0 N–H and O–H groups in total. The molecule has 0 atom stereocenters. The first kappa shape index (κ1) is 35.4. The number of halogens is 6. The number of rotatable bonds is 14. The van der Waals surface area contributed by atoms with Crippen molar-refractivity contribution in [1.82, 2.24) is 0 Å². The van der Waals surface area contributed by atoms with Crippen molar-refractivity contribution in [2.45, 2.75) is 118 Å². The third kappa shape index (κ3) is 5.51. The Morgan fingerprint density at radius 1 is 0.511 bits per heavy atom. The first-order chi connectivity index (χ1) is 22.1. The number of alkyl halides is 6. The average molecular weight is 701 g/mol. The number of hydrogen-bond donors (Lipinski definition) is 0. The molecule has 3 aliphatic rings. The van der Waals surface area contributed by atoms with Gasteiger partial charge in [-0.25, -0.2) is 16.8 Å². The molecular formula is C35H38F6O4S2. The molecule has 0 bridgehead atoms. The summed E-state index contributed by atoms with van der Waals surface area (Å²) in [6.45, 7) is 3.93. The number of hydrogen-bond acceptors (Lipinski definition) is 4. The van der Waals surface area contributed by atoms with Gasteiger partial charge in [0.2, 0.25) is 19.7 Å². The molecule has 2 heterocycles. The third-order valence-electron chi connectivity index (χ3n) is 9.28. The Balaban J connectivity index is 1.86. The second kappa shape index (κ2) is 12.9. The van der Waals surface area contributed by atoms with E-state index in [9.17, 15) is 16.8 Å². The fourth-order valence-electron chi connectivity index (χ4n) is 6.88. The molecule has 2 aromatic rings. The van der Waals surface area contributed by atoms with E-state index in [1.165, 1.54) is 24.3 Å². The van der Waals surface area contributed by atoms with Gasteiger partial charge in [-0.2, -0.15) is 26.3 Å².